The van der Waals surface area contributed by atoms with Crippen molar-refractivity contribution >= 4 is 58.6 Å². The number of fused-ring (bicyclic) bond motifs is 1. The Morgan fingerprint density at radius 3 is 2.36 bits per heavy atom. The molecule has 1 saturated carbocycles. The average Bonchev–Trinajstić information content (AvgIpc) is 3.70. The smallest absolute Gasteiger partial charge is 0.264 e. The van der Waals surface area contributed by atoms with E-state index in [-0.39, 0.29) is 36.3 Å². The SMILES string of the molecule is CNC(=O)c1c(-c2ccc(F)cc2)oc2cc(N(Cc3ccc(Br)c(COS(C)(=O)=O)c3)S(C)(=O)=O)c(C3CC3)cc12. The molecule has 0 aliphatic heterocycles. The summed E-state index contributed by atoms with van der Waals surface area (Å²) in [6.45, 7) is -0.261. The third-order valence-corrected chi connectivity index (χ3v) is 9.39. The molecule has 42 heavy (non-hydrogen) atoms. The maximum Gasteiger partial charge on any atom is 0.264 e. The predicted molar refractivity (Wildman–Crippen MR) is 162 cm³/mol. The highest BCUT2D eigenvalue weighted by Crippen LogP contribution is 2.48. The van der Waals surface area contributed by atoms with Crippen LogP contribution in [0, 0.1) is 5.82 Å². The second-order valence-electron chi connectivity index (χ2n) is 10.2. The predicted octanol–water partition coefficient (Wildman–Crippen LogP) is 5.68. The van der Waals surface area contributed by atoms with Crippen molar-refractivity contribution in [1.29, 1.82) is 0 Å². The second-order valence-corrected chi connectivity index (χ2v) is 14.6. The quantitative estimate of drug-likeness (QED) is 0.214. The Labute approximate surface area is 252 Å². The van der Waals surface area contributed by atoms with Gasteiger partial charge >= 0.3 is 0 Å². The van der Waals surface area contributed by atoms with Crippen molar-refractivity contribution in [1.82, 2.24) is 5.32 Å². The van der Waals surface area contributed by atoms with Crippen molar-refractivity contribution in [3.8, 4) is 11.3 Å². The lowest BCUT2D eigenvalue weighted by Crippen LogP contribution is -2.30. The van der Waals surface area contributed by atoms with E-state index in [1.54, 1.807) is 24.3 Å². The Kier molecular flexibility index (Phi) is 8.23. The van der Waals surface area contributed by atoms with Crippen LogP contribution in [0.5, 0.6) is 0 Å². The molecular formula is C29H28BrFN2O7S2. The van der Waals surface area contributed by atoms with Crippen LogP contribution in [0.4, 0.5) is 10.1 Å². The maximum atomic E-state index is 13.6. The fourth-order valence-corrected chi connectivity index (χ4v) is 6.40. The number of carbonyl (C=O) groups excluding carboxylic acids is 1. The number of nitrogens with one attached hydrogen (secondary N) is 1. The third kappa shape index (κ3) is 6.54. The van der Waals surface area contributed by atoms with Gasteiger partial charge in [0, 0.05) is 28.5 Å². The highest BCUT2D eigenvalue weighted by atomic mass is 79.9. The first kappa shape index (κ1) is 30.2. The van der Waals surface area contributed by atoms with Gasteiger partial charge in [0.25, 0.3) is 16.0 Å². The molecule has 1 aliphatic carbocycles. The Balaban J connectivity index is 1.64. The zero-order valence-electron chi connectivity index (χ0n) is 23.0. The molecule has 0 spiro atoms. The van der Waals surface area contributed by atoms with E-state index in [2.05, 4.69) is 21.2 Å². The summed E-state index contributed by atoms with van der Waals surface area (Å²) < 4.78 is 76.2. The van der Waals surface area contributed by atoms with Gasteiger partial charge in [0.05, 0.1) is 36.9 Å². The van der Waals surface area contributed by atoms with Crippen LogP contribution in [0.2, 0.25) is 0 Å². The van der Waals surface area contributed by atoms with Crippen LogP contribution in [0.1, 0.15) is 45.8 Å². The molecule has 0 bridgehead atoms. The lowest BCUT2D eigenvalue weighted by atomic mass is 10.00. The van der Waals surface area contributed by atoms with Gasteiger partial charge in [-0.15, -0.1) is 0 Å². The van der Waals surface area contributed by atoms with E-state index in [9.17, 15) is 26.0 Å². The number of benzene rings is 3. The van der Waals surface area contributed by atoms with Gasteiger partial charge in [0.1, 0.15) is 17.2 Å². The van der Waals surface area contributed by atoms with Crippen LogP contribution in [0.25, 0.3) is 22.3 Å². The number of amides is 1. The fraction of sp³-hybridized carbons (Fsp3) is 0.276. The number of nitrogens with zero attached hydrogens (tertiary/aromatic N) is 1. The molecule has 222 valence electrons. The number of sulfonamides is 1. The normalized spacial score (nSPS) is 13.8. The van der Waals surface area contributed by atoms with Crippen LogP contribution in [0.3, 0.4) is 0 Å². The number of rotatable bonds is 10. The van der Waals surface area contributed by atoms with Crippen molar-refractivity contribution in [2.45, 2.75) is 31.9 Å². The van der Waals surface area contributed by atoms with Crippen LogP contribution in [-0.4, -0.2) is 42.3 Å². The van der Waals surface area contributed by atoms with Crippen LogP contribution < -0.4 is 9.62 Å². The van der Waals surface area contributed by atoms with Crippen LogP contribution in [-0.2, 0) is 37.5 Å². The molecule has 0 unspecified atom stereocenters. The first-order valence-corrected chi connectivity index (χ1v) is 17.4. The summed E-state index contributed by atoms with van der Waals surface area (Å²) in [6.07, 6.45) is 3.79. The van der Waals surface area contributed by atoms with Gasteiger partial charge in [0.2, 0.25) is 10.0 Å². The average molecular weight is 680 g/mol. The molecule has 5 rings (SSSR count). The summed E-state index contributed by atoms with van der Waals surface area (Å²) in [5, 5.41) is 3.16. The minimum Gasteiger partial charge on any atom is -0.455 e. The topological polar surface area (TPSA) is 123 Å². The van der Waals surface area contributed by atoms with Gasteiger partial charge in [-0.1, -0.05) is 28.1 Å². The molecule has 1 heterocycles. The molecule has 3 aromatic carbocycles. The summed E-state index contributed by atoms with van der Waals surface area (Å²) in [7, 11) is -6.00. The van der Waals surface area contributed by atoms with Gasteiger partial charge in [-0.2, -0.15) is 8.42 Å². The number of hydrogen-bond donors (Lipinski definition) is 1. The first-order chi connectivity index (χ1) is 19.7. The molecule has 13 heteroatoms. The highest BCUT2D eigenvalue weighted by Gasteiger charge is 2.33. The van der Waals surface area contributed by atoms with Gasteiger partial charge in [0.15, 0.2) is 0 Å². The van der Waals surface area contributed by atoms with E-state index in [0.29, 0.717) is 37.8 Å². The van der Waals surface area contributed by atoms with Crippen molar-refractivity contribution in [2.75, 3.05) is 23.9 Å². The van der Waals surface area contributed by atoms with E-state index in [1.165, 1.54) is 35.6 Å². The standard InChI is InChI=1S/C29H28BrFN2O7S2/c1-32-29(34)27-23-13-22(18-5-6-18)25(14-26(23)40-28(27)19-7-9-21(31)10-8-19)33(41(2,35)36)15-17-4-11-24(30)20(12-17)16-39-42(3,37)38/h4,7-14,18H,5-6,15-16H2,1-3H3,(H,32,34). The Morgan fingerprint density at radius 2 is 1.76 bits per heavy atom. The first-order valence-electron chi connectivity index (χ1n) is 12.9. The summed E-state index contributed by atoms with van der Waals surface area (Å²) in [4.78, 5) is 13.0. The van der Waals surface area contributed by atoms with Crippen LogP contribution in [0.15, 0.2) is 63.5 Å². The molecule has 0 saturated heterocycles. The van der Waals surface area contributed by atoms with E-state index in [1.807, 2.05) is 6.07 Å². The van der Waals surface area contributed by atoms with E-state index in [4.69, 9.17) is 8.60 Å². The van der Waals surface area contributed by atoms with Gasteiger partial charge in [-0.25, -0.2) is 12.8 Å². The van der Waals surface area contributed by atoms with Crippen molar-refractivity contribution in [3.63, 3.8) is 0 Å². The van der Waals surface area contributed by atoms with Gasteiger partial charge < -0.3 is 9.73 Å². The molecular weight excluding hydrogens is 651 g/mol. The summed E-state index contributed by atoms with van der Waals surface area (Å²) in [5.74, 6) is -0.477. The molecule has 1 fully saturated rings. The molecule has 0 radical (unpaired) electrons. The summed E-state index contributed by atoms with van der Waals surface area (Å²) in [6, 6.07) is 14.2. The van der Waals surface area contributed by atoms with E-state index >= 15 is 0 Å². The zero-order valence-corrected chi connectivity index (χ0v) is 26.2. The monoisotopic (exact) mass is 678 g/mol. The molecule has 1 aromatic heterocycles. The van der Waals surface area contributed by atoms with Crippen LogP contribution >= 0.6 is 15.9 Å². The van der Waals surface area contributed by atoms with Gasteiger partial charge in [-0.3, -0.25) is 13.3 Å². The fourth-order valence-electron chi connectivity index (χ4n) is 4.80. The summed E-state index contributed by atoms with van der Waals surface area (Å²) >= 11 is 3.39. The Hall–Kier alpha value is -3.26. The highest BCUT2D eigenvalue weighted by molar-refractivity contribution is 9.10. The number of carbonyl (C=O) groups is 1. The molecule has 9 nitrogen and oxygen atoms in total. The molecule has 1 aliphatic rings. The largest absolute Gasteiger partial charge is 0.455 e. The van der Waals surface area contributed by atoms with Crippen molar-refractivity contribution in [2.24, 2.45) is 0 Å². The number of anilines is 1. The number of hydrogen-bond acceptors (Lipinski definition) is 7. The molecule has 1 N–H and O–H groups in total. The van der Waals surface area contributed by atoms with E-state index in [0.717, 1.165) is 30.9 Å². The Morgan fingerprint density at radius 1 is 1.07 bits per heavy atom. The van der Waals surface area contributed by atoms with Gasteiger partial charge in [-0.05, 0) is 71.8 Å². The Bertz CT molecular complexity index is 1900. The minimum absolute atomic E-state index is 0.0446. The lowest BCUT2D eigenvalue weighted by Gasteiger charge is -2.25. The molecule has 1 amide bonds. The zero-order chi connectivity index (χ0) is 30.4. The minimum atomic E-state index is -3.82. The summed E-state index contributed by atoms with van der Waals surface area (Å²) in [5.41, 5.74) is 3.42. The number of furan rings is 1. The van der Waals surface area contributed by atoms with Crippen molar-refractivity contribution < 1.29 is 34.6 Å². The third-order valence-electron chi connectivity index (χ3n) is 6.95. The van der Waals surface area contributed by atoms with E-state index < -0.39 is 26.0 Å². The molecule has 0 atom stereocenters. The number of halogens is 2. The molecule has 4 aromatic rings. The second kappa shape index (κ2) is 11.4. The lowest BCUT2D eigenvalue weighted by molar-refractivity contribution is 0.0964. The van der Waals surface area contributed by atoms with Crippen molar-refractivity contribution in [3.05, 3.63) is 87.1 Å². The maximum absolute atomic E-state index is 13.6.